The first kappa shape index (κ1) is 13.4. The molecule has 0 aliphatic rings. The first-order valence-electron chi connectivity index (χ1n) is 5.68. The Hall–Kier alpha value is -2.07. The predicted octanol–water partition coefficient (Wildman–Crippen LogP) is 1.30. The van der Waals surface area contributed by atoms with Crippen molar-refractivity contribution in [1.82, 2.24) is 19.7 Å². The SMILES string of the molecule is Cc1cnc(S(C)=O)nc1-c1cnn(CCC#N)c1. The number of hydrogen-bond acceptors (Lipinski definition) is 5. The number of aromatic nitrogens is 4. The Kier molecular flexibility index (Phi) is 4.02. The highest BCUT2D eigenvalue weighted by Gasteiger charge is 2.10. The zero-order chi connectivity index (χ0) is 13.8. The van der Waals surface area contributed by atoms with Crippen molar-refractivity contribution >= 4 is 10.8 Å². The molecule has 0 saturated carbocycles. The molecule has 2 rings (SSSR count). The Labute approximate surface area is 113 Å². The lowest BCUT2D eigenvalue weighted by atomic mass is 10.2. The van der Waals surface area contributed by atoms with E-state index < -0.39 is 10.8 Å². The molecule has 0 aliphatic carbocycles. The molecule has 6 nitrogen and oxygen atoms in total. The number of hydrogen-bond donors (Lipinski definition) is 0. The summed E-state index contributed by atoms with van der Waals surface area (Å²) in [6, 6.07) is 2.07. The maximum absolute atomic E-state index is 11.4. The Morgan fingerprint density at radius 2 is 2.26 bits per heavy atom. The lowest BCUT2D eigenvalue weighted by Crippen LogP contribution is -2.00. The van der Waals surface area contributed by atoms with Crippen LogP contribution in [-0.2, 0) is 17.3 Å². The summed E-state index contributed by atoms with van der Waals surface area (Å²) in [4.78, 5) is 8.34. The number of aryl methyl sites for hydroxylation is 2. The first-order valence-corrected chi connectivity index (χ1v) is 7.24. The van der Waals surface area contributed by atoms with Crippen LogP contribution in [-0.4, -0.2) is 30.2 Å². The van der Waals surface area contributed by atoms with Gasteiger partial charge in [0.15, 0.2) is 0 Å². The quantitative estimate of drug-likeness (QED) is 0.785. The van der Waals surface area contributed by atoms with Crippen LogP contribution in [0, 0.1) is 18.3 Å². The molecule has 0 radical (unpaired) electrons. The van der Waals surface area contributed by atoms with Crippen LogP contribution in [0.15, 0.2) is 23.7 Å². The fourth-order valence-electron chi connectivity index (χ4n) is 1.63. The van der Waals surface area contributed by atoms with Crippen molar-refractivity contribution in [3.63, 3.8) is 0 Å². The van der Waals surface area contributed by atoms with Crippen LogP contribution in [0.2, 0.25) is 0 Å². The van der Waals surface area contributed by atoms with Crippen molar-refractivity contribution in [3.8, 4) is 17.3 Å². The summed E-state index contributed by atoms with van der Waals surface area (Å²) in [5, 5.41) is 13.0. The average Bonchev–Trinajstić information content (AvgIpc) is 2.85. The topological polar surface area (TPSA) is 84.5 Å². The van der Waals surface area contributed by atoms with E-state index in [1.54, 1.807) is 23.3 Å². The van der Waals surface area contributed by atoms with Crippen molar-refractivity contribution < 1.29 is 4.21 Å². The fraction of sp³-hybridized carbons (Fsp3) is 0.333. The molecule has 98 valence electrons. The minimum absolute atomic E-state index is 0.311. The zero-order valence-electron chi connectivity index (χ0n) is 10.7. The molecule has 1 unspecified atom stereocenters. The van der Waals surface area contributed by atoms with E-state index in [2.05, 4.69) is 21.1 Å². The normalized spacial score (nSPS) is 12.1. The smallest absolute Gasteiger partial charge is 0.218 e. The maximum Gasteiger partial charge on any atom is 0.218 e. The van der Waals surface area contributed by atoms with E-state index in [9.17, 15) is 4.21 Å². The molecule has 0 N–H and O–H groups in total. The maximum atomic E-state index is 11.4. The van der Waals surface area contributed by atoms with Gasteiger partial charge in [-0.2, -0.15) is 10.4 Å². The second kappa shape index (κ2) is 5.71. The van der Waals surface area contributed by atoms with Gasteiger partial charge in [-0.05, 0) is 12.5 Å². The zero-order valence-corrected chi connectivity index (χ0v) is 11.5. The van der Waals surface area contributed by atoms with Crippen molar-refractivity contribution in [2.75, 3.05) is 6.26 Å². The van der Waals surface area contributed by atoms with Crippen LogP contribution >= 0.6 is 0 Å². The van der Waals surface area contributed by atoms with Gasteiger partial charge < -0.3 is 0 Å². The van der Waals surface area contributed by atoms with Gasteiger partial charge in [0.05, 0.1) is 41.7 Å². The molecule has 7 heteroatoms. The summed E-state index contributed by atoms with van der Waals surface area (Å²) in [5.41, 5.74) is 2.46. The highest BCUT2D eigenvalue weighted by Crippen LogP contribution is 2.20. The van der Waals surface area contributed by atoms with Gasteiger partial charge in [-0.1, -0.05) is 0 Å². The average molecular weight is 275 g/mol. The van der Waals surface area contributed by atoms with Gasteiger partial charge in [0.2, 0.25) is 5.16 Å². The molecule has 0 spiro atoms. The number of rotatable bonds is 4. The molecule has 2 heterocycles. The molecule has 0 fully saturated rings. The van der Waals surface area contributed by atoms with Gasteiger partial charge in [-0.15, -0.1) is 0 Å². The van der Waals surface area contributed by atoms with Gasteiger partial charge in [0.25, 0.3) is 0 Å². The van der Waals surface area contributed by atoms with Gasteiger partial charge in [-0.25, -0.2) is 9.97 Å². The first-order chi connectivity index (χ1) is 9.11. The van der Waals surface area contributed by atoms with Crippen molar-refractivity contribution in [2.45, 2.75) is 25.0 Å². The lowest BCUT2D eigenvalue weighted by molar-refractivity contribution is 0.628. The molecule has 1 atom stereocenters. The molecule has 0 amide bonds. The predicted molar refractivity (Wildman–Crippen MR) is 70.6 cm³/mol. The van der Waals surface area contributed by atoms with E-state index in [1.165, 1.54) is 0 Å². The fourth-order valence-corrected chi connectivity index (χ4v) is 2.05. The molecule has 0 bridgehead atoms. The van der Waals surface area contributed by atoms with Crippen LogP contribution in [0.4, 0.5) is 0 Å². The van der Waals surface area contributed by atoms with Crippen LogP contribution in [0.5, 0.6) is 0 Å². The van der Waals surface area contributed by atoms with Gasteiger partial charge in [0, 0.05) is 24.2 Å². The summed E-state index contributed by atoms with van der Waals surface area (Å²) >= 11 is 0. The van der Waals surface area contributed by atoms with E-state index in [1.807, 2.05) is 13.1 Å². The Balaban J connectivity index is 2.35. The summed E-state index contributed by atoms with van der Waals surface area (Å²) in [5.74, 6) is 0. The van der Waals surface area contributed by atoms with E-state index in [0.717, 1.165) is 16.8 Å². The van der Waals surface area contributed by atoms with Crippen LogP contribution in [0.25, 0.3) is 11.3 Å². The minimum atomic E-state index is -1.21. The minimum Gasteiger partial charge on any atom is -0.271 e. The third-order valence-corrected chi connectivity index (χ3v) is 3.28. The summed E-state index contributed by atoms with van der Waals surface area (Å²) in [6.07, 6.45) is 7.13. The van der Waals surface area contributed by atoms with Gasteiger partial charge >= 0.3 is 0 Å². The number of nitrogens with zero attached hydrogens (tertiary/aromatic N) is 5. The molecular weight excluding hydrogens is 262 g/mol. The molecule has 0 aliphatic heterocycles. The van der Waals surface area contributed by atoms with E-state index >= 15 is 0 Å². The molecular formula is C12H13N5OS. The molecule has 2 aromatic heterocycles. The molecule has 0 aromatic carbocycles. The second-order valence-corrected chi connectivity index (χ2v) is 5.31. The highest BCUT2D eigenvalue weighted by molar-refractivity contribution is 7.84. The summed E-state index contributed by atoms with van der Waals surface area (Å²) in [7, 11) is -1.21. The van der Waals surface area contributed by atoms with Gasteiger partial charge in [0.1, 0.15) is 0 Å². The lowest BCUT2D eigenvalue weighted by Gasteiger charge is -2.03. The van der Waals surface area contributed by atoms with E-state index in [4.69, 9.17) is 5.26 Å². The Bertz CT molecular complexity index is 658. The van der Waals surface area contributed by atoms with Gasteiger partial charge in [-0.3, -0.25) is 8.89 Å². The van der Waals surface area contributed by atoms with E-state index in [-0.39, 0.29) is 0 Å². The summed E-state index contributed by atoms with van der Waals surface area (Å²) < 4.78 is 13.1. The van der Waals surface area contributed by atoms with Crippen molar-refractivity contribution in [2.24, 2.45) is 0 Å². The second-order valence-electron chi connectivity index (χ2n) is 4.04. The highest BCUT2D eigenvalue weighted by atomic mass is 32.2. The Morgan fingerprint density at radius 3 is 2.95 bits per heavy atom. The standard InChI is InChI=1S/C12H13N5OS/c1-9-6-14-12(19(2)18)16-11(9)10-7-15-17(8-10)5-3-4-13/h6-8H,3,5H2,1-2H3. The van der Waals surface area contributed by atoms with Crippen molar-refractivity contribution in [3.05, 3.63) is 24.2 Å². The summed E-state index contributed by atoms with van der Waals surface area (Å²) in [6.45, 7) is 2.44. The molecule has 19 heavy (non-hydrogen) atoms. The largest absolute Gasteiger partial charge is 0.271 e. The number of nitriles is 1. The molecule has 0 saturated heterocycles. The Morgan fingerprint density at radius 1 is 1.47 bits per heavy atom. The van der Waals surface area contributed by atoms with E-state index in [0.29, 0.717) is 18.1 Å². The van der Waals surface area contributed by atoms with Crippen LogP contribution in [0.1, 0.15) is 12.0 Å². The monoisotopic (exact) mass is 275 g/mol. The third-order valence-electron chi connectivity index (χ3n) is 2.57. The van der Waals surface area contributed by atoms with Crippen molar-refractivity contribution in [1.29, 1.82) is 5.26 Å². The van der Waals surface area contributed by atoms with Crippen LogP contribution < -0.4 is 0 Å². The third kappa shape index (κ3) is 3.03. The van der Waals surface area contributed by atoms with Crippen LogP contribution in [0.3, 0.4) is 0 Å². The molecule has 2 aromatic rings.